The Balaban J connectivity index is 1.64. The Hall–Kier alpha value is -3.34. The second-order valence-corrected chi connectivity index (χ2v) is 11.2. The third-order valence-corrected chi connectivity index (χ3v) is 7.14. The molecular weight excluding hydrogens is 493 g/mol. The van der Waals surface area contributed by atoms with Crippen LogP contribution in [0.5, 0.6) is 11.8 Å². The lowest BCUT2D eigenvalue weighted by Gasteiger charge is -2.31. The van der Waals surface area contributed by atoms with Gasteiger partial charge in [0.25, 0.3) is 0 Å². The Morgan fingerprint density at radius 3 is 2.39 bits per heavy atom. The van der Waals surface area contributed by atoms with Crippen molar-refractivity contribution in [1.82, 2.24) is 9.21 Å². The van der Waals surface area contributed by atoms with E-state index in [1.54, 1.807) is 13.0 Å². The fraction of sp³-hybridized carbons (Fsp3) is 0.481. The van der Waals surface area contributed by atoms with Crippen molar-refractivity contribution >= 4 is 24.7 Å². The summed E-state index contributed by atoms with van der Waals surface area (Å²) in [5.74, 6) is -1.63. The van der Waals surface area contributed by atoms with Gasteiger partial charge in [-0.3, -0.25) is 0 Å². The van der Waals surface area contributed by atoms with E-state index in [1.807, 2.05) is 12.1 Å². The Morgan fingerprint density at radius 2 is 1.76 bits per heavy atom. The molecule has 0 atom stereocenters. The number of carbonyl (C=O) groups excluding carboxylic acids is 1. The molecule has 2 N–H and O–H groups in total. The van der Waals surface area contributed by atoms with Gasteiger partial charge < -0.3 is 37.1 Å². The molecule has 11 heteroatoms. The normalized spacial score (nSPS) is 16.3. The van der Waals surface area contributed by atoms with Crippen molar-refractivity contribution < 1.29 is 37.4 Å². The fourth-order valence-electron chi connectivity index (χ4n) is 5.32. The number of nitrogens with zero attached hydrogens (tertiary/aromatic N) is 4. The topological polar surface area (TPSA) is 79.6 Å². The van der Waals surface area contributed by atoms with Crippen LogP contribution in [0.1, 0.15) is 62.4 Å². The Bertz CT molecular complexity index is 1310. The van der Waals surface area contributed by atoms with Gasteiger partial charge in [-0.25, -0.2) is 4.79 Å². The highest BCUT2D eigenvalue weighted by molar-refractivity contribution is 6.58. The molecule has 38 heavy (non-hydrogen) atoms. The lowest BCUT2D eigenvalue weighted by atomic mass is 9.88. The van der Waals surface area contributed by atoms with E-state index in [-0.39, 0.29) is 12.8 Å². The summed E-state index contributed by atoms with van der Waals surface area (Å²) in [5.41, 5.74) is 3.73. The average Bonchev–Trinajstić information content (AvgIpc) is 3.45. The largest absolute Gasteiger partial charge is 0.737 e. The number of carbonyl (C=O) groups is 1. The van der Waals surface area contributed by atoms with Gasteiger partial charge in [0.05, 0.1) is 34.1 Å². The number of aromatic hydroxyl groups is 2. The molecule has 0 unspecified atom stereocenters. The van der Waals surface area contributed by atoms with Crippen LogP contribution in [0.25, 0.3) is 6.08 Å². The molecule has 0 aliphatic carbocycles. The molecule has 2 aliphatic rings. The van der Waals surface area contributed by atoms with Gasteiger partial charge in [-0.15, -0.1) is 4.73 Å². The smallest absolute Gasteiger partial charge is 0.492 e. The third-order valence-electron chi connectivity index (χ3n) is 7.14. The van der Waals surface area contributed by atoms with Crippen LogP contribution in [0.4, 0.5) is 8.63 Å². The molecule has 0 bridgehead atoms. The molecule has 0 amide bonds. The monoisotopic (exact) mass is 531 g/mol. The summed E-state index contributed by atoms with van der Waals surface area (Å²) in [4.78, 5) is 17.5. The average molecular weight is 531 g/mol. The number of unbranched alkanes of at least 4 members (excludes halogenated alkanes) is 1. The van der Waals surface area contributed by atoms with E-state index in [0.29, 0.717) is 33.9 Å². The first-order chi connectivity index (χ1) is 17.8. The number of hydrogen-bond donors (Lipinski definition) is 2. The van der Waals surface area contributed by atoms with Crippen LogP contribution in [0.15, 0.2) is 35.5 Å². The van der Waals surface area contributed by atoms with Crippen molar-refractivity contribution in [2.24, 2.45) is 0 Å². The van der Waals surface area contributed by atoms with Crippen LogP contribution in [0, 0.1) is 6.92 Å². The first-order valence-corrected chi connectivity index (χ1v) is 13.3. The Labute approximate surface area is 222 Å². The molecule has 4 rings (SSSR count). The highest BCUT2D eigenvalue weighted by Crippen LogP contribution is 2.39. The molecule has 0 spiro atoms. The molecule has 0 aromatic carbocycles. The maximum absolute atomic E-state index is 16.3. The van der Waals surface area contributed by atoms with E-state index in [0.717, 1.165) is 56.8 Å². The van der Waals surface area contributed by atoms with Gasteiger partial charge in [-0.05, 0) is 43.5 Å². The summed E-state index contributed by atoms with van der Waals surface area (Å²) in [6.07, 6.45) is 7.59. The summed E-state index contributed by atoms with van der Waals surface area (Å²) in [7, 11) is 6.37. The number of quaternary nitrogens is 1. The van der Waals surface area contributed by atoms with Gasteiger partial charge in [0.15, 0.2) is 5.70 Å². The third kappa shape index (κ3) is 5.43. The molecule has 0 saturated carbocycles. The number of allylic oxidation sites excluding steroid dienone is 2. The molecular formula is C27H38BF2N4O4+. The zero-order chi connectivity index (χ0) is 27.8. The van der Waals surface area contributed by atoms with Crippen molar-refractivity contribution in [2.75, 3.05) is 27.7 Å². The highest BCUT2D eigenvalue weighted by atomic mass is 19.2. The maximum atomic E-state index is 16.3. The van der Waals surface area contributed by atoms with Crippen LogP contribution in [0.3, 0.4) is 0 Å². The van der Waals surface area contributed by atoms with E-state index in [1.165, 1.54) is 12.1 Å². The molecule has 8 nitrogen and oxygen atoms in total. The van der Waals surface area contributed by atoms with Gasteiger partial charge in [-0.2, -0.15) is 0 Å². The van der Waals surface area contributed by atoms with E-state index in [9.17, 15) is 15.0 Å². The predicted molar refractivity (Wildman–Crippen MR) is 143 cm³/mol. The molecule has 0 saturated heterocycles. The minimum Gasteiger partial charge on any atom is -0.492 e. The van der Waals surface area contributed by atoms with Gasteiger partial charge in [0.1, 0.15) is 5.71 Å². The van der Waals surface area contributed by atoms with Crippen molar-refractivity contribution in [1.29, 1.82) is 0 Å². The van der Waals surface area contributed by atoms with E-state index >= 15 is 8.63 Å². The molecule has 206 valence electrons. The highest BCUT2D eigenvalue weighted by Gasteiger charge is 2.54. The molecule has 2 aromatic heterocycles. The van der Waals surface area contributed by atoms with Crippen LogP contribution in [-0.4, -0.2) is 74.7 Å². The van der Waals surface area contributed by atoms with Gasteiger partial charge in [-0.1, -0.05) is 13.3 Å². The summed E-state index contributed by atoms with van der Waals surface area (Å²) < 4.78 is 36.3. The van der Waals surface area contributed by atoms with Crippen molar-refractivity contribution in [3.63, 3.8) is 0 Å². The van der Waals surface area contributed by atoms with Crippen LogP contribution < -0.4 is 4.84 Å². The standard InChI is InChI=1S/C27H37BF2N4O4/c1-6-7-9-21-17-22(11-14-27(37)38-33-25(35)12-13-26(33)36)32-24(21)18-23-20(10-8-15-34(3,4)5)16-19(2)31(23)28(32,29)30/h12-13,16-18H,6-11,14-15H2,1-5H3,(H-,35,36)/p+1. The van der Waals surface area contributed by atoms with Crippen molar-refractivity contribution in [3.05, 3.63) is 52.5 Å². The minimum atomic E-state index is -4.17. The number of hydrogen-bond acceptors (Lipinski definition) is 4. The minimum absolute atomic E-state index is 0.0257. The number of halogens is 2. The molecule has 0 fully saturated rings. The summed E-state index contributed by atoms with van der Waals surface area (Å²) >= 11 is 0. The molecule has 4 heterocycles. The molecule has 2 aromatic rings. The van der Waals surface area contributed by atoms with Crippen molar-refractivity contribution in [3.8, 4) is 11.8 Å². The Kier molecular flexibility index (Phi) is 7.61. The van der Waals surface area contributed by atoms with E-state index in [2.05, 4.69) is 28.1 Å². The molecule has 0 radical (unpaired) electrons. The van der Waals surface area contributed by atoms with E-state index < -0.39 is 24.7 Å². The fourth-order valence-corrected chi connectivity index (χ4v) is 5.32. The first kappa shape index (κ1) is 27.7. The first-order valence-electron chi connectivity index (χ1n) is 13.3. The predicted octanol–water partition coefficient (Wildman–Crippen LogP) is 4.24. The zero-order valence-corrected chi connectivity index (χ0v) is 22.9. The van der Waals surface area contributed by atoms with Crippen LogP contribution >= 0.6 is 0 Å². The van der Waals surface area contributed by atoms with Gasteiger partial charge >= 0.3 is 12.9 Å². The second kappa shape index (κ2) is 10.4. The quantitative estimate of drug-likeness (QED) is 0.336. The van der Waals surface area contributed by atoms with Gasteiger partial charge in [0, 0.05) is 48.4 Å². The number of aromatic nitrogens is 2. The van der Waals surface area contributed by atoms with Crippen LogP contribution in [0.2, 0.25) is 0 Å². The lowest BCUT2D eigenvalue weighted by molar-refractivity contribution is -0.870. The number of fused-ring (bicyclic) bond motifs is 2. The summed E-state index contributed by atoms with van der Waals surface area (Å²) in [6, 6.07) is 4.24. The number of rotatable bonds is 11. The zero-order valence-electron chi connectivity index (χ0n) is 22.9. The van der Waals surface area contributed by atoms with Crippen LogP contribution in [-0.2, 0) is 11.2 Å². The Morgan fingerprint density at radius 1 is 1.08 bits per heavy atom. The molecule has 2 aliphatic heterocycles. The van der Waals surface area contributed by atoms with Gasteiger partial charge in [0.2, 0.25) is 11.8 Å². The lowest BCUT2D eigenvalue weighted by Crippen LogP contribution is -2.51. The van der Waals surface area contributed by atoms with E-state index in [4.69, 9.17) is 4.84 Å². The summed E-state index contributed by atoms with van der Waals surface area (Å²) in [5, 5.41) is 19.4. The summed E-state index contributed by atoms with van der Waals surface area (Å²) in [6.45, 7) is 0.555. The van der Waals surface area contributed by atoms with Crippen molar-refractivity contribution in [2.45, 2.75) is 58.8 Å². The SMILES string of the molecule is CCCCC1=CC(CCC(=O)On2c(O)ccc2O)=[N+]2C1=Cc1c(CCC[N+](C)(C)C)cc(C)n1[B-]2(F)F. The number of aryl methyl sites for hydroxylation is 2. The maximum Gasteiger partial charge on any atom is 0.737 e. The second-order valence-electron chi connectivity index (χ2n) is 11.2.